The number of nitro groups is 1. The first kappa shape index (κ1) is 28.7. The van der Waals surface area contributed by atoms with E-state index in [1.54, 1.807) is 48.5 Å². The Labute approximate surface area is 244 Å². The molecule has 0 bridgehead atoms. The molecule has 0 spiro atoms. The number of amides is 1. The lowest BCUT2D eigenvalue weighted by molar-refractivity contribution is -0.384. The first-order valence-electron chi connectivity index (χ1n) is 12.8. The van der Waals surface area contributed by atoms with Crippen molar-refractivity contribution < 1.29 is 33.2 Å². The Hall–Kier alpha value is -4.84. The number of nitrogens with zero attached hydrogens (tertiary/aromatic N) is 3. The van der Waals surface area contributed by atoms with Crippen LogP contribution in [0.25, 0.3) is 0 Å². The number of non-ortho nitro benzene ring substituents is 1. The average molecular weight is 590 g/mol. The Morgan fingerprint density at radius 2 is 1.69 bits per heavy atom. The van der Waals surface area contributed by atoms with Gasteiger partial charge in [-0.05, 0) is 28.8 Å². The molecule has 0 radical (unpaired) electrons. The van der Waals surface area contributed by atoms with Gasteiger partial charge in [0, 0.05) is 36.6 Å². The maximum absolute atomic E-state index is 16.0. The van der Waals surface area contributed by atoms with Gasteiger partial charge in [0.15, 0.2) is 6.10 Å². The lowest BCUT2D eigenvalue weighted by atomic mass is 9.99. The van der Waals surface area contributed by atoms with Crippen LogP contribution in [0.2, 0.25) is 0 Å². The molecule has 0 N–H and O–H groups in total. The monoisotopic (exact) mass is 589 g/mol. The van der Waals surface area contributed by atoms with E-state index in [2.05, 4.69) is 4.99 Å². The van der Waals surface area contributed by atoms with Gasteiger partial charge in [-0.3, -0.25) is 24.6 Å². The number of thioether (sulfide) groups is 1. The largest absolute Gasteiger partial charge is 0.461 e. The van der Waals surface area contributed by atoms with Crippen molar-refractivity contribution in [3.05, 3.63) is 123 Å². The number of ether oxygens (including phenoxy) is 2. The first-order valence-corrected chi connectivity index (χ1v) is 13.8. The summed E-state index contributed by atoms with van der Waals surface area (Å²) in [5.41, 5.74) is 1.68. The summed E-state index contributed by atoms with van der Waals surface area (Å²) in [5, 5.41) is 9.71. The number of hydrogen-bond donors (Lipinski definition) is 0. The highest BCUT2D eigenvalue weighted by Gasteiger charge is 2.66. The number of alkyl halides is 1. The summed E-state index contributed by atoms with van der Waals surface area (Å²) in [6.45, 7) is 0.933. The van der Waals surface area contributed by atoms with Crippen LogP contribution in [-0.4, -0.2) is 57.4 Å². The van der Waals surface area contributed by atoms with E-state index < -0.39 is 40.0 Å². The number of carbonyl (C=O) groups excluding carboxylic acids is 3. The zero-order valence-corrected chi connectivity index (χ0v) is 23.0. The van der Waals surface area contributed by atoms with E-state index in [9.17, 15) is 24.5 Å². The number of esters is 2. The summed E-state index contributed by atoms with van der Waals surface area (Å²) in [6, 6.07) is 23.3. The summed E-state index contributed by atoms with van der Waals surface area (Å²) < 4.78 is 27.1. The smallest absolute Gasteiger partial charge is 0.356 e. The van der Waals surface area contributed by atoms with Crippen LogP contribution in [0.15, 0.2) is 101 Å². The minimum atomic E-state index is -2.69. The highest BCUT2D eigenvalue weighted by Crippen LogP contribution is 2.49. The Balaban J connectivity index is 1.45. The van der Waals surface area contributed by atoms with Crippen molar-refractivity contribution in [2.45, 2.75) is 24.2 Å². The number of nitro benzene ring substituents is 1. The van der Waals surface area contributed by atoms with Crippen molar-refractivity contribution in [2.24, 2.45) is 4.99 Å². The predicted molar refractivity (Wildman–Crippen MR) is 152 cm³/mol. The van der Waals surface area contributed by atoms with Crippen molar-refractivity contribution >= 4 is 41.5 Å². The molecule has 214 valence electrons. The van der Waals surface area contributed by atoms with Gasteiger partial charge in [-0.15, -0.1) is 11.8 Å². The standard InChI is InChI=1S/C30H24FN3O7S/c1-19(35)40-17-23-18-42-29-30(31,32-16-20-12-14-24(15-13-20)34(38)39)28(37)33(29)25(23)27(36)41-26(21-8-4-2-5-9-21)22-10-6-3-7-11-22/h2-16,26,29H,17-18H2,1H3/t29-,30+/m1/s1. The van der Waals surface area contributed by atoms with Gasteiger partial charge in [-0.1, -0.05) is 60.7 Å². The fraction of sp³-hybridized carbons (Fsp3) is 0.200. The molecule has 0 aromatic heterocycles. The van der Waals surface area contributed by atoms with E-state index in [1.807, 2.05) is 12.1 Å². The minimum Gasteiger partial charge on any atom is -0.461 e. The summed E-state index contributed by atoms with van der Waals surface area (Å²) in [6.07, 6.45) is 0.290. The molecule has 1 saturated heterocycles. The molecule has 0 saturated carbocycles. The van der Waals surface area contributed by atoms with Gasteiger partial charge >= 0.3 is 17.7 Å². The molecule has 2 aliphatic heterocycles. The molecule has 0 unspecified atom stereocenters. The van der Waals surface area contributed by atoms with Crippen LogP contribution >= 0.6 is 11.8 Å². The third-order valence-corrected chi connectivity index (χ3v) is 8.00. The number of β-lactam (4-membered cyclic amide) rings is 1. The Bertz CT molecular complexity index is 1540. The quantitative estimate of drug-likeness (QED) is 0.0874. The van der Waals surface area contributed by atoms with Gasteiger partial charge in [0.05, 0.1) is 4.92 Å². The molecule has 12 heteroatoms. The van der Waals surface area contributed by atoms with E-state index >= 15 is 4.39 Å². The lowest BCUT2D eigenvalue weighted by Crippen LogP contribution is -2.70. The van der Waals surface area contributed by atoms with Crippen LogP contribution < -0.4 is 0 Å². The van der Waals surface area contributed by atoms with Crippen LogP contribution in [-0.2, 0) is 23.9 Å². The van der Waals surface area contributed by atoms with Crippen LogP contribution in [0.5, 0.6) is 0 Å². The zero-order chi connectivity index (χ0) is 29.9. The Morgan fingerprint density at radius 3 is 2.24 bits per heavy atom. The zero-order valence-electron chi connectivity index (χ0n) is 22.2. The fourth-order valence-corrected chi connectivity index (χ4v) is 5.88. The molecule has 3 aromatic rings. The summed E-state index contributed by atoms with van der Waals surface area (Å²) in [4.78, 5) is 53.8. The molecular formula is C30H24FN3O7S. The molecule has 3 aromatic carbocycles. The second-order valence-electron chi connectivity index (χ2n) is 9.46. The number of benzene rings is 3. The summed E-state index contributed by atoms with van der Waals surface area (Å²) in [7, 11) is 0. The second-order valence-corrected chi connectivity index (χ2v) is 10.5. The highest BCUT2D eigenvalue weighted by molar-refractivity contribution is 8.00. The lowest BCUT2D eigenvalue weighted by Gasteiger charge is -2.51. The molecule has 0 aliphatic carbocycles. The first-order chi connectivity index (χ1) is 20.2. The van der Waals surface area contributed by atoms with Crippen molar-refractivity contribution in [1.82, 2.24) is 4.90 Å². The molecule has 1 fully saturated rings. The molecule has 5 rings (SSSR count). The topological polar surface area (TPSA) is 128 Å². The van der Waals surface area contributed by atoms with Crippen molar-refractivity contribution in [3.63, 3.8) is 0 Å². The van der Waals surface area contributed by atoms with E-state index in [1.165, 1.54) is 31.2 Å². The van der Waals surface area contributed by atoms with Gasteiger partial charge < -0.3 is 9.47 Å². The second kappa shape index (κ2) is 12.0. The molecular weight excluding hydrogens is 565 g/mol. The van der Waals surface area contributed by atoms with E-state index in [-0.39, 0.29) is 23.7 Å². The molecule has 1 amide bonds. The minimum absolute atomic E-state index is 0.0756. The summed E-state index contributed by atoms with van der Waals surface area (Å²) in [5.74, 6) is -5.16. The van der Waals surface area contributed by atoms with Crippen LogP contribution in [0.4, 0.5) is 10.1 Å². The fourth-order valence-electron chi connectivity index (χ4n) is 4.57. The molecule has 10 nitrogen and oxygen atoms in total. The van der Waals surface area contributed by atoms with Crippen LogP contribution in [0, 0.1) is 10.1 Å². The Morgan fingerprint density at radius 1 is 1.10 bits per heavy atom. The van der Waals surface area contributed by atoms with Gasteiger partial charge in [0.25, 0.3) is 11.6 Å². The SMILES string of the molecule is CC(=O)OCC1=C(C(=O)OC(c2ccccc2)c2ccccc2)N2C(=O)[C@](F)(N=Cc3ccc([N+](=O)[O-])cc3)[C@H]2SC1. The number of carbonyl (C=O) groups is 3. The molecule has 2 aliphatic rings. The van der Waals surface area contributed by atoms with Crippen LogP contribution in [0.1, 0.15) is 29.7 Å². The number of aliphatic imine (C=N–C) groups is 1. The van der Waals surface area contributed by atoms with Gasteiger partial charge in [0.1, 0.15) is 17.7 Å². The van der Waals surface area contributed by atoms with Gasteiger partial charge in [-0.25, -0.2) is 14.2 Å². The molecule has 42 heavy (non-hydrogen) atoms. The van der Waals surface area contributed by atoms with Gasteiger partial charge in [-0.2, -0.15) is 0 Å². The highest BCUT2D eigenvalue weighted by atomic mass is 32.2. The third kappa shape index (κ3) is 5.66. The maximum Gasteiger partial charge on any atom is 0.356 e. The third-order valence-electron chi connectivity index (χ3n) is 6.65. The predicted octanol–water partition coefficient (Wildman–Crippen LogP) is 4.74. The van der Waals surface area contributed by atoms with Crippen molar-refractivity contribution in [2.75, 3.05) is 12.4 Å². The normalized spacial score (nSPS) is 19.8. The number of halogens is 1. The number of hydrogen-bond acceptors (Lipinski definition) is 9. The van der Waals surface area contributed by atoms with Crippen molar-refractivity contribution in [1.29, 1.82) is 0 Å². The van der Waals surface area contributed by atoms with Crippen molar-refractivity contribution in [3.8, 4) is 0 Å². The summed E-state index contributed by atoms with van der Waals surface area (Å²) >= 11 is 1.03. The number of rotatable bonds is 9. The van der Waals surface area contributed by atoms with E-state index in [4.69, 9.17) is 9.47 Å². The number of fused-ring (bicyclic) bond motifs is 1. The molecule has 2 atom stereocenters. The molecule has 2 heterocycles. The Kier molecular flexibility index (Phi) is 8.16. The maximum atomic E-state index is 16.0. The van der Waals surface area contributed by atoms with Gasteiger partial charge in [0.2, 0.25) is 0 Å². The van der Waals surface area contributed by atoms with E-state index in [0.717, 1.165) is 22.9 Å². The van der Waals surface area contributed by atoms with Crippen LogP contribution in [0.3, 0.4) is 0 Å². The van der Waals surface area contributed by atoms with E-state index in [0.29, 0.717) is 22.3 Å². The average Bonchev–Trinajstić information content (AvgIpc) is 3.01.